The average molecular weight is 362 g/mol. The fourth-order valence-electron chi connectivity index (χ4n) is 4.00. The molecule has 1 aliphatic heterocycles. The number of pyridine rings is 1. The number of aryl methyl sites for hydroxylation is 1. The zero-order chi connectivity index (χ0) is 19.3. The Balaban J connectivity index is 1.78. The predicted octanol–water partition coefficient (Wildman–Crippen LogP) is 4.53. The number of anilines is 1. The van der Waals surface area contributed by atoms with Crippen molar-refractivity contribution in [3.05, 3.63) is 60.1 Å². The first-order chi connectivity index (χ1) is 12.8. The molecule has 4 rings (SSSR count). The predicted molar refractivity (Wildman–Crippen MR) is 107 cm³/mol. The summed E-state index contributed by atoms with van der Waals surface area (Å²) in [7, 11) is 0. The molecule has 1 aliphatic carbocycles. The van der Waals surface area contributed by atoms with Crippen LogP contribution in [-0.2, 0) is 4.79 Å². The topological polar surface area (TPSA) is 51.0 Å². The van der Waals surface area contributed by atoms with Crippen molar-refractivity contribution >= 4 is 17.3 Å². The van der Waals surface area contributed by atoms with Crippen molar-refractivity contribution in [1.29, 1.82) is 0 Å². The van der Waals surface area contributed by atoms with Crippen molar-refractivity contribution in [2.45, 2.75) is 47.0 Å². The number of carbonyl (C=O) groups excluding carboxylic acids is 1. The number of hydrogen-bond acceptors (Lipinski definition) is 3. The Labute approximate surface area is 160 Å². The lowest BCUT2D eigenvalue weighted by Crippen LogP contribution is -2.31. The summed E-state index contributed by atoms with van der Waals surface area (Å²) >= 11 is 0. The molecule has 2 aromatic heterocycles. The molecular formula is C22H26N4O. The zero-order valence-electron chi connectivity index (χ0n) is 16.6. The largest absolute Gasteiger partial charge is 0.306 e. The summed E-state index contributed by atoms with van der Waals surface area (Å²) in [4.78, 5) is 23.9. The van der Waals surface area contributed by atoms with Crippen molar-refractivity contribution in [3.63, 3.8) is 0 Å². The Hall–Kier alpha value is -2.69. The number of allylic oxidation sites excluding steroid dienone is 4. The summed E-state index contributed by atoms with van der Waals surface area (Å²) in [5, 5.41) is 0. The summed E-state index contributed by atoms with van der Waals surface area (Å²) < 4.78 is 2.06. The number of carbonyl (C=O) groups is 1. The van der Waals surface area contributed by atoms with E-state index in [1.807, 2.05) is 30.3 Å². The number of fused-ring (bicyclic) bond motifs is 1. The second-order valence-electron chi connectivity index (χ2n) is 8.36. The van der Waals surface area contributed by atoms with Crippen LogP contribution in [0.15, 0.2) is 48.7 Å². The fourth-order valence-corrected chi connectivity index (χ4v) is 4.00. The van der Waals surface area contributed by atoms with Gasteiger partial charge in [-0.15, -0.1) is 0 Å². The van der Waals surface area contributed by atoms with Gasteiger partial charge in [0.2, 0.25) is 5.91 Å². The number of amides is 1. The molecule has 0 saturated carbocycles. The first-order valence-corrected chi connectivity index (χ1v) is 9.52. The van der Waals surface area contributed by atoms with E-state index >= 15 is 0 Å². The number of rotatable bonds is 3. The maximum atomic E-state index is 13.3. The highest BCUT2D eigenvalue weighted by Crippen LogP contribution is 2.50. The molecule has 0 aromatic carbocycles. The van der Waals surface area contributed by atoms with E-state index in [1.54, 1.807) is 6.20 Å². The highest BCUT2D eigenvalue weighted by Gasteiger charge is 2.51. The molecule has 1 amide bonds. The normalized spacial score (nSPS) is 21.3. The number of hydrogen-bond donors (Lipinski definition) is 0. The maximum absolute atomic E-state index is 13.3. The minimum Gasteiger partial charge on any atom is -0.306 e. The minimum atomic E-state index is -0.428. The number of aromatic nitrogens is 3. The SMILES string of the molecule is Cc1cc(N2C(=O)C(C)(C)C3CC=C(n4cnc(C(C)C)c4)C=C32)ccn1. The van der Waals surface area contributed by atoms with Gasteiger partial charge in [-0.3, -0.25) is 14.7 Å². The number of nitrogens with zero attached hydrogens (tertiary/aromatic N) is 4. The molecule has 27 heavy (non-hydrogen) atoms. The van der Waals surface area contributed by atoms with Gasteiger partial charge in [0.15, 0.2) is 0 Å². The molecule has 140 valence electrons. The van der Waals surface area contributed by atoms with Crippen molar-refractivity contribution in [2.75, 3.05) is 4.90 Å². The van der Waals surface area contributed by atoms with Crippen LogP contribution in [0.3, 0.4) is 0 Å². The lowest BCUT2D eigenvalue weighted by molar-refractivity contribution is -0.125. The van der Waals surface area contributed by atoms with Gasteiger partial charge in [0.1, 0.15) is 0 Å². The zero-order valence-corrected chi connectivity index (χ0v) is 16.6. The minimum absolute atomic E-state index is 0.146. The van der Waals surface area contributed by atoms with Gasteiger partial charge in [-0.1, -0.05) is 33.8 Å². The van der Waals surface area contributed by atoms with Gasteiger partial charge in [-0.05, 0) is 37.5 Å². The van der Waals surface area contributed by atoms with Crippen molar-refractivity contribution in [1.82, 2.24) is 14.5 Å². The monoisotopic (exact) mass is 362 g/mol. The molecule has 5 nitrogen and oxygen atoms in total. The Bertz CT molecular complexity index is 964. The van der Waals surface area contributed by atoms with Crippen LogP contribution in [-0.4, -0.2) is 20.4 Å². The first-order valence-electron chi connectivity index (χ1n) is 9.52. The maximum Gasteiger partial charge on any atom is 0.237 e. The fraction of sp³-hybridized carbons (Fsp3) is 0.409. The second kappa shape index (κ2) is 6.19. The third kappa shape index (κ3) is 2.82. The van der Waals surface area contributed by atoms with Gasteiger partial charge in [-0.25, -0.2) is 4.98 Å². The van der Waals surface area contributed by atoms with Crippen LogP contribution in [0.2, 0.25) is 0 Å². The van der Waals surface area contributed by atoms with Crippen LogP contribution in [0.4, 0.5) is 5.69 Å². The Morgan fingerprint density at radius 3 is 2.70 bits per heavy atom. The van der Waals surface area contributed by atoms with Gasteiger partial charge in [-0.2, -0.15) is 0 Å². The molecule has 0 spiro atoms. The molecule has 0 N–H and O–H groups in total. The van der Waals surface area contributed by atoms with Crippen molar-refractivity contribution in [3.8, 4) is 0 Å². The molecular weight excluding hydrogens is 336 g/mol. The lowest BCUT2D eigenvalue weighted by atomic mass is 9.76. The first kappa shape index (κ1) is 17.7. The van der Waals surface area contributed by atoms with E-state index in [9.17, 15) is 4.79 Å². The Kier molecular flexibility index (Phi) is 4.06. The summed E-state index contributed by atoms with van der Waals surface area (Å²) in [5.74, 6) is 0.710. The molecule has 2 aliphatic rings. The van der Waals surface area contributed by atoms with Crippen LogP contribution in [0.1, 0.15) is 51.4 Å². The van der Waals surface area contributed by atoms with E-state index in [-0.39, 0.29) is 11.8 Å². The summed E-state index contributed by atoms with van der Waals surface area (Å²) in [6.45, 7) is 10.3. The van der Waals surface area contributed by atoms with Crippen molar-refractivity contribution in [2.24, 2.45) is 11.3 Å². The van der Waals surface area contributed by atoms with Crippen LogP contribution in [0, 0.1) is 18.3 Å². The van der Waals surface area contributed by atoms with Gasteiger partial charge < -0.3 is 4.57 Å². The van der Waals surface area contributed by atoms with Crippen LogP contribution >= 0.6 is 0 Å². The molecule has 1 atom stereocenters. The van der Waals surface area contributed by atoms with Crippen LogP contribution < -0.4 is 4.90 Å². The molecule has 1 fully saturated rings. The Morgan fingerprint density at radius 1 is 1.26 bits per heavy atom. The van der Waals surface area contributed by atoms with E-state index in [2.05, 4.69) is 60.6 Å². The molecule has 0 radical (unpaired) electrons. The summed E-state index contributed by atoms with van der Waals surface area (Å²) in [6.07, 6.45) is 10.9. The van der Waals surface area contributed by atoms with Crippen LogP contribution in [0.5, 0.6) is 0 Å². The lowest BCUT2D eigenvalue weighted by Gasteiger charge is -2.26. The van der Waals surface area contributed by atoms with E-state index in [0.29, 0.717) is 5.92 Å². The standard InChI is InChI=1S/C22H26N4O/c1-14(2)19-12-25(13-24-19)16-6-7-18-20(11-16)26(21(27)22(18,4)5)17-8-9-23-15(3)10-17/h6,8-14,18H,7H2,1-5H3. The quantitative estimate of drug-likeness (QED) is 0.806. The van der Waals surface area contributed by atoms with Gasteiger partial charge in [0.25, 0.3) is 0 Å². The molecule has 1 saturated heterocycles. The molecule has 0 bridgehead atoms. The average Bonchev–Trinajstić information content (AvgIpc) is 3.18. The summed E-state index contributed by atoms with van der Waals surface area (Å²) in [5.41, 5.74) is 4.58. The third-order valence-corrected chi connectivity index (χ3v) is 5.73. The molecule has 5 heteroatoms. The van der Waals surface area contributed by atoms with Gasteiger partial charge >= 0.3 is 0 Å². The highest BCUT2D eigenvalue weighted by atomic mass is 16.2. The van der Waals surface area contributed by atoms with Crippen molar-refractivity contribution < 1.29 is 4.79 Å². The van der Waals surface area contributed by atoms with Gasteiger partial charge in [0.05, 0.1) is 23.1 Å². The second-order valence-corrected chi connectivity index (χ2v) is 8.36. The van der Waals surface area contributed by atoms with E-state index in [0.717, 1.165) is 34.9 Å². The number of imidazole rings is 1. The molecule has 3 heterocycles. The van der Waals surface area contributed by atoms with E-state index < -0.39 is 5.41 Å². The smallest absolute Gasteiger partial charge is 0.237 e. The van der Waals surface area contributed by atoms with E-state index in [4.69, 9.17) is 0 Å². The Morgan fingerprint density at radius 2 is 2.04 bits per heavy atom. The highest BCUT2D eigenvalue weighted by molar-refractivity contribution is 6.04. The third-order valence-electron chi connectivity index (χ3n) is 5.73. The molecule has 2 aromatic rings. The van der Waals surface area contributed by atoms with E-state index in [1.165, 1.54) is 0 Å². The van der Waals surface area contributed by atoms with Gasteiger partial charge in [0, 0.05) is 35.4 Å². The molecule has 1 unspecified atom stereocenters. The van der Waals surface area contributed by atoms with Crippen LogP contribution in [0.25, 0.3) is 5.70 Å². The summed E-state index contributed by atoms with van der Waals surface area (Å²) in [6, 6.07) is 3.89.